The molecule has 0 fully saturated rings. The fourth-order valence-electron chi connectivity index (χ4n) is 1.79. The van der Waals surface area contributed by atoms with E-state index in [4.69, 9.17) is 0 Å². The second kappa shape index (κ2) is 5.32. The van der Waals surface area contributed by atoms with Crippen molar-refractivity contribution < 1.29 is 35.5 Å². The highest BCUT2D eigenvalue weighted by Crippen LogP contribution is 2.37. The molecule has 22 heavy (non-hydrogen) atoms. The van der Waals surface area contributed by atoms with Gasteiger partial charge in [-0.05, 0) is 6.08 Å². The van der Waals surface area contributed by atoms with E-state index in [2.05, 4.69) is 6.58 Å². The molecule has 0 unspecified atom stereocenters. The first-order chi connectivity index (χ1) is 10.2. The summed E-state index contributed by atoms with van der Waals surface area (Å²) in [5.41, 5.74) is -1.38. The molecule has 2 nitrogen and oxygen atoms in total. The van der Waals surface area contributed by atoms with Crippen LogP contribution in [0.4, 0.5) is 36.4 Å². The lowest BCUT2D eigenvalue weighted by Crippen LogP contribution is -2.13. The van der Waals surface area contributed by atoms with E-state index in [0.717, 1.165) is 0 Å². The van der Waals surface area contributed by atoms with Crippen LogP contribution >= 0.6 is 0 Å². The third-order valence-corrected chi connectivity index (χ3v) is 2.78. The lowest BCUT2D eigenvalue weighted by atomic mass is 10.0. The molecule has 1 amide bonds. The number of rotatable bonds is 2. The van der Waals surface area contributed by atoms with Crippen LogP contribution in [0.3, 0.4) is 0 Å². The number of nitrogens with one attached hydrogen (secondary N) is 1. The number of amides is 1. The third-order valence-electron chi connectivity index (χ3n) is 2.78. The van der Waals surface area contributed by atoms with Crippen molar-refractivity contribution in [3.8, 4) is 0 Å². The molecule has 2 aromatic carbocycles. The fourth-order valence-corrected chi connectivity index (χ4v) is 1.79. The monoisotopic (exact) mass is 323 g/mol. The average Bonchev–Trinajstić information content (AvgIpc) is 2.50. The zero-order valence-corrected chi connectivity index (χ0v) is 10.3. The van der Waals surface area contributed by atoms with Gasteiger partial charge in [-0.25, -0.2) is 30.7 Å². The largest absolute Gasteiger partial charge is 0.319 e. The van der Waals surface area contributed by atoms with E-state index in [0.29, 0.717) is 6.08 Å². The molecule has 0 heterocycles. The van der Waals surface area contributed by atoms with E-state index in [1.165, 1.54) is 0 Å². The van der Waals surface area contributed by atoms with Crippen LogP contribution in [0.5, 0.6) is 0 Å². The normalized spacial score (nSPS) is 10.9. The Labute approximate surface area is 117 Å². The predicted molar refractivity (Wildman–Crippen MR) is 62.5 cm³/mol. The number of carbonyl (C=O) groups is 1. The highest BCUT2D eigenvalue weighted by atomic mass is 19.2. The SMILES string of the molecule is C=CC(=O)Nc1c(F)c(F)c(F)c2c(F)c(F)c(F)c(F)c12. The van der Waals surface area contributed by atoms with Crippen molar-refractivity contribution in [1.82, 2.24) is 0 Å². The van der Waals surface area contributed by atoms with E-state index < -0.39 is 63.1 Å². The summed E-state index contributed by atoms with van der Waals surface area (Å²) in [6.07, 6.45) is 0.556. The van der Waals surface area contributed by atoms with E-state index in [1.54, 1.807) is 5.32 Å². The zero-order valence-electron chi connectivity index (χ0n) is 10.3. The van der Waals surface area contributed by atoms with Gasteiger partial charge in [0.25, 0.3) is 0 Å². The molecule has 116 valence electrons. The zero-order chi connectivity index (χ0) is 16.8. The second-order valence-corrected chi connectivity index (χ2v) is 4.02. The molecular weight excluding hydrogens is 319 g/mol. The van der Waals surface area contributed by atoms with Crippen LogP contribution in [0.2, 0.25) is 0 Å². The molecule has 2 aromatic rings. The molecule has 0 aliphatic carbocycles. The third kappa shape index (κ3) is 2.09. The minimum absolute atomic E-state index is 0.556. The van der Waals surface area contributed by atoms with Crippen LogP contribution in [-0.4, -0.2) is 5.91 Å². The Hall–Kier alpha value is -2.58. The minimum Gasteiger partial charge on any atom is -0.319 e. The van der Waals surface area contributed by atoms with Gasteiger partial charge in [-0.1, -0.05) is 6.58 Å². The molecule has 0 aliphatic heterocycles. The van der Waals surface area contributed by atoms with Crippen LogP contribution in [0.1, 0.15) is 0 Å². The van der Waals surface area contributed by atoms with Crippen molar-refractivity contribution in [3.05, 3.63) is 53.4 Å². The molecule has 0 radical (unpaired) electrons. The Balaban J connectivity index is 3.07. The van der Waals surface area contributed by atoms with Gasteiger partial charge >= 0.3 is 0 Å². The van der Waals surface area contributed by atoms with E-state index in [1.807, 2.05) is 0 Å². The summed E-state index contributed by atoms with van der Waals surface area (Å²) in [6.45, 7) is 2.97. The van der Waals surface area contributed by atoms with Gasteiger partial charge in [0.2, 0.25) is 5.91 Å². The standard InChI is InChI=1S/C13H4F7NO/c1-2-3(22)21-13-5-4(7(15)11(19)12(13)20)6(14)9(17)10(18)8(5)16/h2H,1H2,(H,21,22). The van der Waals surface area contributed by atoms with Gasteiger partial charge < -0.3 is 5.32 Å². The van der Waals surface area contributed by atoms with Crippen LogP contribution < -0.4 is 5.32 Å². The van der Waals surface area contributed by atoms with Crippen molar-refractivity contribution in [2.24, 2.45) is 0 Å². The molecule has 0 aromatic heterocycles. The molecular formula is C13H4F7NO. The molecule has 0 bridgehead atoms. The Morgan fingerprint density at radius 1 is 0.727 bits per heavy atom. The number of fused-ring (bicyclic) bond motifs is 1. The van der Waals surface area contributed by atoms with Gasteiger partial charge in [0.05, 0.1) is 16.5 Å². The lowest BCUT2D eigenvalue weighted by molar-refractivity contribution is -0.111. The van der Waals surface area contributed by atoms with Gasteiger partial charge in [-0.3, -0.25) is 4.79 Å². The van der Waals surface area contributed by atoms with Gasteiger partial charge in [-0.2, -0.15) is 0 Å². The second-order valence-electron chi connectivity index (χ2n) is 4.02. The molecule has 0 atom stereocenters. The number of hydrogen-bond donors (Lipinski definition) is 1. The molecule has 0 saturated carbocycles. The highest BCUT2D eigenvalue weighted by Gasteiger charge is 2.30. The molecule has 2 rings (SSSR count). The molecule has 9 heteroatoms. The van der Waals surface area contributed by atoms with E-state index >= 15 is 0 Å². The van der Waals surface area contributed by atoms with Crippen molar-refractivity contribution >= 4 is 22.4 Å². The van der Waals surface area contributed by atoms with Crippen molar-refractivity contribution in [1.29, 1.82) is 0 Å². The van der Waals surface area contributed by atoms with Crippen molar-refractivity contribution in [3.63, 3.8) is 0 Å². The smallest absolute Gasteiger partial charge is 0.247 e. The molecule has 1 N–H and O–H groups in total. The maximum absolute atomic E-state index is 13.7. The van der Waals surface area contributed by atoms with E-state index in [9.17, 15) is 35.5 Å². The summed E-state index contributed by atoms with van der Waals surface area (Å²) in [7, 11) is 0. The number of benzene rings is 2. The van der Waals surface area contributed by atoms with Crippen LogP contribution in [-0.2, 0) is 4.79 Å². The maximum Gasteiger partial charge on any atom is 0.247 e. The summed E-state index contributed by atoms with van der Waals surface area (Å²) in [4.78, 5) is 11.1. The Morgan fingerprint density at radius 2 is 1.14 bits per heavy atom. The molecule has 0 saturated heterocycles. The Morgan fingerprint density at radius 3 is 1.59 bits per heavy atom. The van der Waals surface area contributed by atoms with Gasteiger partial charge in [0.1, 0.15) is 0 Å². The lowest BCUT2D eigenvalue weighted by Gasteiger charge is -2.13. The molecule has 0 spiro atoms. The summed E-state index contributed by atoms with van der Waals surface area (Å²) >= 11 is 0. The van der Waals surface area contributed by atoms with E-state index in [-0.39, 0.29) is 0 Å². The number of halogens is 7. The summed E-state index contributed by atoms with van der Waals surface area (Å²) in [5, 5.41) is -1.60. The topological polar surface area (TPSA) is 29.1 Å². The number of anilines is 1. The number of hydrogen-bond acceptors (Lipinski definition) is 1. The van der Waals surface area contributed by atoms with Crippen LogP contribution in [0.15, 0.2) is 12.7 Å². The average molecular weight is 323 g/mol. The summed E-state index contributed by atoms with van der Waals surface area (Å²) < 4.78 is 94.3. The first-order valence-corrected chi connectivity index (χ1v) is 5.47. The first kappa shape index (κ1) is 15.8. The fraction of sp³-hybridized carbons (Fsp3) is 0. The quantitative estimate of drug-likeness (QED) is 0.386. The molecule has 0 aliphatic rings. The Bertz CT molecular complexity index is 823. The van der Waals surface area contributed by atoms with Crippen molar-refractivity contribution in [2.45, 2.75) is 0 Å². The summed E-state index contributed by atoms with van der Waals surface area (Å²) in [6, 6.07) is 0. The summed E-state index contributed by atoms with van der Waals surface area (Å²) in [5.74, 6) is -17.1. The predicted octanol–water partition coefficient (Wildman–Crippen LogP) is 3.94. The van der Waals surface area contributed by atoms with Gasteiger partial charge in [-0.15, -0.1) is 0 Å². The maximum atomic E-state index is 13.7. The Kier molecular flexibility index (Phi) is 3.82. The first-order valence-electron chi connectivity index (χ1n) is 5.47. The minimum atomic E-state index is -2.41. The van der Waals surface area contributed by atoms with Gasteiger partial charge in [0.15, 0.2) is 40.7 Å². The number of carbonyl (C=O) groups excluding carboxylic acids is 1. The van der Waals surface area contributed by atoms with Gasteiger partial charge in [0, 0.05) is 0 Å². The highest BCUT2D eigenvalue weighted by molar-refractivity contribution is 6.06. The van der Waals surface area contributed by atoms with Crippen LogP contribution in [0.25, 0.3) is 10.8 Å². The van der Waals surface area contributed by atoms with Crippen molar-refractivity contribution in [2.75, 3.05) is 5.32 Å². The van der Waals surface area contributed by atoms with Crippen LogP contribution in [0, 0.1) is 40.7 Å².